The summed E-state index contributed by atoms with van der Waals surface area (Å²) in [5.41, 5.74) is 1.18. The van der Waals surface area contributed by atoms with E-state index >= 15 is 0 Å². The maximum Gasteiger partial charge on any atom is 0.322 e. The third kappa shape index (κ3) is 3.02. The molecule has 0 aliphatic rings. The zero-order valence-corrected chi connectivity index (χ0v) is 13.5. The fourth-order valence-corrected chi connectivity index (χ4v) is 3.02. The lowest BCUT2D eigenvalue weighted by Crippen LogP contribution is -2.13. The van der Waals surface area contributed by atoms with Gasteiger partial charge in [-0.1, -0.05) is 17.2 Å². The maximum absolute atomic E-state index is 12.3. The van der Waals surface area contributed by atoms with Gasteiger partial charge in [0.15, 0.2) is 0 Å². The molecule has 112 valence electrons. The Morgan fingerprint density at radius 3 is 2.86 bits per heavy atom. The number of hydrogen-bond donors (Lipinski definition) is 1. The number of anilines is 1. The molecule has 2 aromatic heterocycles. The van der Waals surface area contributed by atoms with Crippen LogP contribution in [-0.4, -0.2) is 27.3 Å². The molecule has 0 saturated heterocycles. The predicted molar refractivity (Wildman–Crippen MR) is 86.3 cm³/mol. The molecule has 6 nitrogen and oxygen atoms in total. The van der Waals surface area contributed by atoms with Crippen LogP contribution in [0.25, 0.3) is 11.6 Å². The molecule has 0 saturated carbocycles. The van der Waals surface area contributed by atoms with Gasteiger partial charge in [0.25, 0.3) is 11.8 Å². The Balaban J connectivity index is 1.79. The molecule has 0 unspecified atom stereocenters. The third-order valence-corrected chi connectivity index (χ3v) is 4.40. The van der Waals surface area contributed by atoms with E-state index in [1.165, 1.54) is 23.1 Å². The average molecular weight is 332 g/mol. The minimum atomic E-state index is -0.283. The quantitative estimate of drug-likeness (QED) is 0.737. The van der Waals surface area contributed by atoms with Gasteiger partial charge in [0.05, 0.1) is 10.6 Å². The highest BCUT2D eigenvalue weighted by atomic mass is 32.2. The number of nitrogens with zero attached hydrogens (tertiary/aromatic N) is 3. The molecule has 8 heteroatoms. The Morgan fingerprint density at radius 1 is 1.32 bits per heavy atom. The van der Waals surface area contributed by atoms with Gasteiger partial charge in [-0.15, -0.1) is 28.2 Å². The van der Waals surface area contributed by atoms with E-state index in [-0.39, 0.29) is 17.8 Å². The molecule has 3 rings (SSSR count). The number of nitrogens with one attached hydrogen (secondary N) is 1. The molecule has 22 heavy (non-hydrogen) atoms. The number of carbonyl (C=O) groups excluding carboxylic acids is 1. The van der Waals surface area contributed by atoms with E-state index in [2.05, 4.69) is 20.5 Å². The predicted octanol–water partition coefficient (Wildman–Crippen LogP) is 3.48. The molecule has 1 N–H and O–H groups in total. The van der Waals surface area contributed by atoms with Crippen LogP contribution >= 0.6 is 23.1 Å². The second-order valence-electron chi connectivity index (χ2n) is 4.32. The van der Waals surface area contributed by atoms with E-state index in [1.807, 2.05) is 36.8 Å². The summed E-state index contributed by atoms with van der Waals surface area (Å²) in [4.78, 5) is 17.4. The number of thioether (sulfide) groups is 1. The Labute approximate surface area is 135 Å². The van der Waals surface area contributed by atoms with Crippen molar-refractivity contribution in [3.63, 3.8) is 0 Å². The summed E-state index contributed by atoms with van der Waals surface area (Å²) in [6, 6.07) is 7.39. The number of carbonyl (C=O) groups is 1. The SMILES string of the molecule is CSc1ccccc1C(=O)Nc1nnc(-c2csc(C)n2)o1. The molecule has 0 spiro atoms. The molecule has 0 atom stereocenters. The van der Waals surface area contributed by atoms with Crippen LogP contribution in [0.2, 0.25) is 0 Å². The first-order chi connectivity index (χ1) is 10.7. The fourth-order valence-electron chi connectivity index (χ4n) is 1.84. The average Bonchev–Trinajstić information content (AvgIpc) is 3.16. The molecule has 0 aliphatic heterocycles. The van der Waals surface area contributed by atoms with Gasteiger partial charge in [0.1, 0.15) is 5.69 Å². The third-order valence-electron chi connectivity index (χ3n) is 2.84. The summed E-state index contributed by atoms with van der Waals surface area (Å²) in [6.45, 7) is 1.90. The van der Waals surface area contributed by atoms with Crippen LogP contribution in [-0.2, 0) is 0 Å². The van der Waals surface area contributed by atoms with E-state index in [0.29, 0.717) is 11.3 Å². The van der Waals surface area contributed by atoms with Gasteiger partial charge >= 0.3 is 6.01 Å². The van der Waals surface area contributed by atoms with E-state index < -0.39 is 0 Å². The van der Waals surface area contributed by atoms with Crippen molar-refractivity contribution in [2.45, 2.75) is 11.8 Å². The maximum atomic E-state index is 12.3. The summed E-state index contributed by atoms with van der Waals surface area (Å²) in [5, 5.41) is 13.1. The normalized spacial score (nSPS) is 10.6. The molecule has 1 amide bonds. The largest absolute Gasteiger partial charge is 0.401 e. The minimum absolute atomic E-state index is 0.0570. The van der Waals surface area contributed by atoms with Gasteiger partial charge in [-0.25, -0.2) is 4.98 Å². The van der Waals surface area contributed by atoms with Gasteiger partial charge in [-0.3, -0.25) is 10.1 Å². The van der Waals surface area contributed by atoms with Crippen molar-refractivity contribution in [3.05, 3.63) is 40.2 Å². The van der Waals surface area contributed by atoms with Gasteiger partial charge in [0, 0.05) is 10.3 Å². The number of amides is 1. The first kappa shape index (κ1) is 14.7. The highest BCUT2D eigenvalue weighted by molar-refractivity contribution is 7.98. The highest BCUT2D eigenvalue weighted by Crippen LogP contribution is 2.23. The molecular formula is C14H12N4O2S2. The van der Waals surface area contributed by atoms with Crippen molar-refractivity contribution in [1.29, 1.82) is 0 Å². The summed E-state index contributed by atoms with van der Waals surface area (Å²) in [5.74, 6) is 0.00686. The van der Waals surface area contributed by atoms with Crippen molar-refractivity contribution < 1.29 is 9.21 Å². The van der Waals surface area contributed by atoms with Gasteiger partial charge in [0.2, 0.25) is 0 Å². The van der Waals surface area contributed by atoms with E-state index in [1.54, 1.807) is 6.07 Å². The standard InChI is InChI=1S/C14H12N4O2S2/c1-8-15-10(7-22-8)13-17-18-14(20-13)16-12(19)9-5-3-4-6-11(9)21-2/h3-7H,1-2H3,(H,16,18,19). The van der Waals surface area contributed by atoms with E-state index in [0.717, 1.165) is 9.90 Å². The van der Waals surface area contributed by atoms with Crippen molar-refractivity contribution >= 4 is 35.0 Å². The number of hydrogen-bond acceptors (Lipinski definition) is 7. The Bertz CT molecular complexity index is 813. The zero-order valence-electron chi connectivity index (χ0n) is 11.9. The van der Waals surface area contributed by atoms with Crippen LogP contribution in [0.1, 0.15) is 15.4 Å². The highest BCUT2D eigenvalue weighted by Gasteiger charge is 2.16. The number of rotatable bonds is 4. The summed E-state index contributed by atoms with van der Waals surface area (Å²) in [6.07, 6.45) is 1.92. The van der Waals surface area contributed by atoms with Gasteiger partial charge in [-0.05, 0) is 25.3 Å². The molecule has 0 bridgehead atoms. The number of aryl methyl sites for hydroxylation is 1. The summed E-state index contributed by atoms with van der Waals surface area (Å²) >= 11 is 3.00. The van der Waals surface area contributed by atoms with E-state index in [9.17, 15) is 4.79 Å². The Kier molecular flexibility index (Phi) is 4.21. The number of thiazole rings is 1. The van der Waals surface area contributed by atoms with Crippen molar-refractivity contribution in [2.75, 3.05) is 11.6 Å². The minimum Gasteiger partial charge on any atom is -0.401 e. The van der Waals surface area contributed by atoms with Crippen LogP contribution in [0.15, 0.2) is 39.0 Å². The molecule has 1 aromatic carbocycles. The second kappa shape index (κ2) is 6.29. The summed E-state index contributed by atoms with van der Waals surface area (Å²) in [7, 11) is 0. The molecular weight excluding hydrogens is 320 g/mol. The molecule has 0 radical (unpaired) electrons. The van der Waals surface area contributed by atoms with Crippen LogP contribution in [0.5, 0.6) is 0 Å². The van der Waals surface area contributed by atoms with Crippen molar-refractivity contribution in [1.82, 2.24) is 15.2 Å². The molecule has 3 aromatic rings. The number of benzene rings is 1. The van der Waals surface area contributed by atoms with Gasteiger partial charge < -0.3 is 4.42 Å². The lowest BCUT2D eigenvalue weighted by molar-refractivity contribution is 0.102. The van der Waals surface area contributed by atoms with Crippen LogP contribution in [0, 0.1) is 6.92 Å². The summed E-state index contributed by atoms with van der Waals surface area (Å²) < 4.78 is 5.43. The smallest absolute Gasteiger partial charge is 0.322 e. The fraction of sp³-hybridized carbons (Fsp3) is 0.143. The molecule has 0 fully saturated rings. The van der Waals surface area contributed by atoms with Crippen LogP contribution in [0.3, 0.4) is 0 Å². The Morgan fingerprint density at radius 2 is 2.14 bits per heavy atom. The lowest BCUT2D eigenvalue weighted by Gasteiger charge is -2.05. The first-order valence-corrected chi connectivity index (χ1v) is 8.48. The lowest BCUT2D eigenvalue weighted by atomic mass is 10.2. The topological polar surface area (TPSA) is 80.9 Å². The monoisotopic (exact) mass is 332 g/mol. The van der Waals surface area contributed by atoms with Crippen molar-refractivity contribution in [2.24, 2.45) is 0 Å². The molecule has 0 aliphatic carbocycles. The second-order valence-corrected chi connectivity index (χ2v) is 6.23. The molecule has 2 heterocycles. The van der Waals surface area contributed by atoms with Crippen LogP contribution in [0.4, 0.5) is 6.01 Å². The zero-order chi connectivity index (χ0) is 15.5. The van der Waals surface area contributed by atoms with Gasteiger partial charge in [-0.2, -0.15) is 0 Å². The Hall–Kier alpha value is -2.19. The van der Waals surface area contributed by atoms with Crippen LogP contribution < -0.4 is 5.32 Å². The first-order valence-electron chi connectivity index (χ1n) is 6.38. The van der Waals surface area contributed by atoms with E-state index in [4.69, 9.17) is 4.42 Å². The van der Waals surface area contributed by atoms with Crippen molar-refractivity contribution in [3.8, 4) is 11.6 Å². The number of aromatic nitrogens is 3.